The van der Waals surface area contributed by atoms with E-state index in [1.165, 1.54) is 0 Å². The Kier molecular flexibility index (Phi) is 5.97. The Bertz CT molecular complexity index is 756. The SMILES string of the molecule is Cc1c(C=CCOCCCO[N+](=O)[O-])c(O)c2ccccc2c1O. The van der Waals surface area contributed by atoms with Crippen molar-refractivity contribution in [3.63, 3.8) is 0 Å². The number of nitrogens with zero attached hydrogens (tertiary/aromatic N) is 1. The van der Waals surface area contributed by atoms with E-state index in [9.17, 15) is 20.3 Å². The minimum absolute atomic E-state index is 0.00480. The van der Waals surface area contributed by atoms with E-state index in [2.05, 4.69) is 4.84 Å². The molecule has 2 rings (SSSR count). The van der Waals surface area contributed by atoms with E-state index in [1.54, 1.807) is 43.3 Å². The lowest BCUT2D eigenvalue weighted by atomic mass is 9.98. The van der Waals surface area contributed by atoms with Crippen LogP contribution >= 0.6 is 0 Å². The van der Waals surface area contributed by atoms with Crippen LogP contribution in [0.3, 0.4) is 0 Å². The third kappa shape index (κ3) is 4.14. The van der Waals surface area contributed by atoms with Gasteiger partial charge >= 0.3 is 0 Å². The Hall–Kier alpha value is -2.80. The Morgan fingerprint density at radius 2 is 1.83 bits per heavy atom. The van der Waals surface area contributed by atoms with Crippen LogP contribution in [0.25, 0.3) is 16.8 Å². The highest BCUT2D eigenvalue weighted by molar-refractivity contribution is 5.97. The lowest BCUT2D eigenvalue weighted by molar-refractivity contribution is -0.757. The topological polar surface area (TPSA) is 102 Å². The largest absolute Gasteiger partial charge is 0.507 e. The number of aromatic hydroxyl groups is 2. The van der Waals surface area contributed by atoms with E-state index < -0.39 is 5.09 Å². The molecular formula is C17H19NO6. The van der Waals surface area contributed by atoms with Crippen LogP contribution in [0.15, 0.2) is 30.3 Å². The quantitative estimate of drug-likeness (QED) is 0.333. The summed E-state index contributed by atoms with van der Waals surface area (Å²) < 4.78 is 5.30. The number of rotatable bonds is 8. The molecule has 0 heterocycles. The van der Waals surface area contributed by atoms with Crippen LogP contribution in [0.4, 0.5) is 0 Å². The maximum atomic E-state index is 10.4. The maximum absolute atomic E-state index is 10.4. The molecule has 24 heavy (non-hydrogen) atoms. The molecule has 0 atom stereocenters. The fraction of sp³-hybridized carbons (Fsp3) is 0.294. The van der Waals surface area contributed by atoms with Crippen LogP contribution in [-0.2, 0) is 9.57 Å². The number of benzene rings is 2. The van der Waals surface area contributed by atoms with Gasteiger partial charge in [-0.05, 0) is 13.3 Å². The van der Waals surface area contributed by atoms with Crippen molar-refractivity contribution in [3.05, 3.63) is 51.6 Å². The van der Waals surface area contributed by atoms with Gasteiger partial charge in [0.05, 0.1) is 13.2 Å². The normalized spacial score (nSPS) is 11.2. The fourth-order valence-corrected chi connectivity index (χ4v) is 2.37. The summed E-state index contributed by atoms with van der Waals surface area (Å²) in [6, 6.07) is 7.08. The van der Waals surface area contributed by atoms with Gasteiger partial charge in [-0.1, -0.05) is 36.4 Å². The Morgan fingerprint density at radius 3 is 2.50 bits per heavy atom. The second-order valence-electron chi connectivity index (χ2n) is 5.17. The van der Waals surface area contributed by atoms with Gasteiger partial charge in [-0.3, -0.25) is 0 Å². The van der Waals surface area contributed by atoms with Crippen molar-refractivity contribution in [2.75, 3.05) is 19.8 Å². The van der Waals surface area contributed by atoms with Gasteiger partial charge in [-0.2, -0.15) is 0 Å². The van der Waals surface area contributed by atoms with E-state index in [0.29, 0.717) is 34.9 Å². The van der Waals surface area contributed by atoms with Gasteiger partial charge in [-0.15, -0.1) is 10.1 Å². The molecule has 2 aromatic carbocycles. The number of hydrogen-bond donors (Lipinski definition) is 2. The van der Waals surface area contributed by atoms with Crippen LogP contribution in [0, 0.1) is 17.0 Å². The van der Waals surface area contributed by atoms with Gasteiger partial charge in [0.1, 0.15) is 11.5 Å². The fourth-order valence-electron chi connectivity index (χ4n) is 2.37. The molecule has 128 valence electrons. The summed E-state index contributed by atoms with van der Waals surface area (Å²) >= 11 is 0. The number of hydrogen-bond acceptors (Lipinski definition) is 6. The summed E-state index contributed by atoms with van der Waals surface area (Å²) in [6.45, 7) is 2.34. The molecule has 0 fully saturated rings. The van der Waals surface area contributed by atoms with Gasteiger partial charge in [0.2, 0.25) is 0 Å². The van der Waals surface area contributed by atoms with Crippen molar-refractivity contribution >= 4 is 16.8 Å². The molecule has 0 radical (unpaired) electrons. The first-order valence-corrected chi connectivity index (χ1v) is 7.47. The molecular weight excluding hydrogens is 314 g/mol. The Labute approximate surface area is 138 Å². The summed E-state index contributed by atoms with van der Waals surface area (Å²) in [7, 11) is 0. The van der Waals surface area contributed by atoms with Crippen molar-refractivity contribution in [2.45, 2.75) is 13.3 Å². The Balaban J connectivity index is 1.98. The molecule has 0 aliphatic carbocycles. The molecule has 0 spiro atoms. The molecule has 0 aliphatic heterocycles. The molecule has 0 saturated heterocycles. The average Bonchev–Trinajstić information content (AvgIpc) is 2.57. The first-order chi connectivity index (χ1) is 11.5. The van der Waals surface area contributed by atoms with Gasteiger partial charge in [0.25, 0.3) is 5.09 Å². The van der Waals surface area contributed by atoms with E-state index in [1.807, 2.05) is 0 Å². The van der Waals surface area contributed by atoms with Gasteiger partial charge in [0, 0.05) is 28.5 Å². The Morgan fingerprint density at radius 1 is 1.17 bits per heavy atom. The molecule has 0 bridgehead atoms. The summed E-state index contributed by atoms with van der Waals surface area (Å²) in [4.78, 5) is 14.1. The molecule has 0 amide bonds. The van der Waals surface area contributed by atoms with Gasteiger partial charge in [0.15, 0.2) is 0 Å². The summed E-state index contributed by atoms with van der Waals surface area (Å²) in [5, 5.41) is 31.0. The smallest absolute Gasteiger partial charge is 0.294 e. The minimum Gasteiger partial charge on any atom is -0.507 e. The lowest BCUT2D eigenvalue weighted by Gasteiger charge is -2.11. The number of phenols is 2. The molecule has 0 unspecified atom stereocenters. The van der Waals surface area contributed by atoms with Crippen LogP contribution < -0.4 is 0 Å². The van der Waals surface area contributed by atoms with Crippen LogP contribution in [0.2, 0.25) is 0 Å². The zero-order valence-corrected chi connectivity index (χ0v) is 13.3. The number of ether oxygens (including phenoxy) is 1. The lowest BCUT2D eigenvalue weighted by Crippen LogP contribution is -2.05. The average molecular weight is 333 g/mol. The summed E-state index contributed by atoms with van der Waals surface area (Å²) in [6.07, 6.45) is 3.81. The molecule has 0 saturated carbocycles. The van der Waals surface area contributed by atoms with Gasteiger partial charge < -0.3 is 19.8 Å². The highest BCUT2D eigenvalue weighted by atomic mass is 16.9. The molecule has 7 heteroatoms. The zero-order valence-electron chi connectivity index (χ0n) is 13.3. The first kappa shape index (κ1) is 17.6. The predicted octanol–water partition coefficient (Wildman–Crippen LogP) is 3.19. The number of phenolic OH excluding ortho intramolecular Hbond substituents is 2. The summed E-state index contributed by atoms with van der Waals surface area (Å²) in [5.41, 5.74) is 1.12. The van der Waals surface area contributed by atoms with E-state index in [4.69, 9.17) is 4.74 Å². The van der Waals surface area contributed by atoms with E-state index >= 15 is 0 Å². The van der Waals surface area contributed by atoms with Crippen molar-refractivity contribution in [3.8, 4) is 11.5 Å². The van der Waals surface area contributed by atoms with Crippen molar-refractivity contribution in [1.29, 1.82) is 0 Å². The maximum Gasteiger partial charge on any atom is 0.294 e. The van der Waals surface area contributed by atoms with Crippen LogP contribution in [0.1, 0.15) is 17.5 Å². The molecule has 7 nitrogen and oxygen atoms in total. The second kappa shape index (κ2) is 8.16. The van der Waals surface area contributed by atoms with Crippen LogP contribution in [-0.4, -0.2) is 35.1 Å². The predicted molar refractivity (Wildman–Crippen MR) is 89.4 cm³/mol. The third-order valence-electron chi connectivity index (χ3n) is 3.58. The number of fused-ring (bicyclic) bond motifs is 1. The van der Waals surface area contributed by atoms with E-state index in [-0.39, 0.29) is 24.7 Å². The van der Waals surface area contributed by atoms with Crippen molar-refractivity contribution in [1.82, 2.24) is 0 Å². The van der Waals surface area contributed by atoms with Crippen molar-refractivity contribution in [2.24, 2.45) is 0 Å². The standard InChI is InChI=1S/C17H19NO6/c1-12-13(8-4-9-23-10-5-11-24-18(21)22)17(20)15-7-3-2-6-14(15)16(12)19/h2-4,6-8,19-20H,5,9-11H2,1H3. The third-order valence-corrected chi connectivity index (χ3v) is 3.58. The van der Waals surface area contributed by atoms with Gasteiger partial charge in [-0.25, -0.2) is 0 Å². The monoisotopic (exact) mass is 333 g/mol. The summed E-state index contributed by atoms with van der Waals surface area (Å²) in [5.74, 6) is 0.248. The molecule has 2 aromatic rings. The highest BCUT2D eigenvalue weighted by Crippen LogP contribution is 2.39. The molecule has 0 aromatic heterocycles. The first-order valence-electron chi connectivity index (χ1n) is 7.47. The minimum atomic E-state index is -0.836. The second-order valence-corrected chi connectivity index (χ2v) is 5.17. The molecule has 2 N–H and O–H groups in total. The molecule has 0 aliphatic rings. The van der Waals surface area contributed by atoms with E-state index in [0.717, 1.165) is 0 Å². The van der Waals surface area contributed by atoms with Crippen LogP contribution in [0.5, 0.6) is 11.5 Å². The van der Waals surface area contributed by atoms with Crippen molar-refractivity contribution < 1.29 is 24.9 Å². The zero-order chi connectivity index (χ0) is 17.5. The highest BCUT2D eigenvalue weighted by Gasteiger charge is 2.13.